The van der Waals surface area contributed by atoms with Gasteiger partial charge in [-0.2, -0.15) is 5.26 Å². The fraction of sp³-hybridized carbons (Fsp3) is 0.0952. The number of hydrogen-bond donors (Lipinski definition) is 0. The van der Waals surface area contributed by atoms with Crippen molar-refractivity contribution in [2.45, 2.75) is 21.6 Å². The molecule has 1 unspecified atom stereocenters. The van der Waals surface area contributed by atoms with Gasteiger partial charge in [-0.15, -0.1) is 7.91 Å². The van der Waals surface area contributed by atoms with Crippen LogP contribution in [0.4, 0.5) is 0 Å². The molecule has 3 aromatic rings. The van der Waals surface area contributed by atoms with Crippen LogP contribution in [-0.2, 0) is 0 Å². The Labute approximate surface area is 145 Å². The van der Waals surface area contributed by atoms with Gasteiger partial charge in [-0.25, -0.2) is 0 Å². The summed E-state index contributed by atoms with van der Waals surface area (Å²) in [5, 5.41) is 13.7. The van der Waals surface area contributed by atoms with Crippen molar-refractivity contribution in [2.75, 3.05) is 5.75 Å². The van der Waals surface area contributed by atoms with E-state index in [1.807, 2.05) is 54.6 Å². The zero-order valence-corrected chi connectivity index (χ0v) is 15.8. The smallest absolute Gasteiger partial charge is 0.113 e. The van der Waals surface area contributed by atoms with Crippen molar-refractivity contribution >= 4 is 16.4 Å². The van der Waals surface area contributed by atoms with Gasteiger partial charge in [0.15, 0.2) is 0 Å². The molecule has 0 saturated carbocycles. The summed E-state index contributed by atoms with van der Waals surface area (Å²) in [5.41, 5.74) is 0. The molecule has 122 valence electrons. The molecule has 0 heterocycles. The van der Waals surface area contributed by atoms with Gasteiger partial charge < -0.3 is 0 Å². The molecule has 3 aromatic carbocycles. The van der Waals surface area contributed by atoms with Crippen LogP contribution in [0.15, 0.2) is 106 Å². The van der Waals surface area contributed by atoms with Crippen molar-refractivity contribution in [2.24, 2.45) is 0 Å². The van der Waals surface area contributed by atoms with E-state index in [-0.39, 0.29) is 0 Å². The summed E-state index contributed by atoms with van der Waals surface area (Å²) in [6.45, 7) is 2.13. The first kappa shape index (κ1) is 16.8. The Hall–Kier alpha value is -2.07. The first-order valence-corrected chi connectivity index (χ1v) is 12.1. The number of thiocyanates is 1. The van der Waals surface area contributed by atoms with E-state index in [1.165, 1.54) is 0 Å². The molecule has 0 aromatic heterocycles. The highest BCUT2D eigenvalue weighted by molar-refractivity contribution is 8.95. The Morgan fingerprint density at radius 3 is 1.21 bits per heavy atom. The highest BCUT2D eigenvalue weighted by Gasteiger charge is 2.60. The monoisotopic (exact) mass is 351 g/mol. The van der Waals surface area contributed by atoms with Crippen LogP contribution < -0.4 is 0 Å². The summed E-state index contributed by atoms with van der Waals surface area (Å²) < 4.78 is 0. The van der Waals surface area contributed by atoms with E-state index >= 15 is 0 Å². The van der Waals surface area contributed by atoms with E-state index in [0.717, 1.165) is 14.7 Å². The fourth-order valence-electron chi connectivity index (χ4n) is 3.53. The van der Waals surface area contributed by atoms with E-state index in [2.05, 4.69) is 57.2 Å². The van der Waals surface area contributed by atoms with Gasteiger partial charge in [0.05, 0.1) is 0 Å². The van der Waals surface area contributed by atoms with Gasteiger partial charge in [0, 0.05) is 0 Å². The lowest BCUT2D eigenvalue weighted by Gasteiger charge is -2.71. The molecule has 0 spiro atoms. The topological polar surface area (TPSA) is 23.8 Å². The van der Waals surface area contributed by atoms with Crippen molar-refractivity contribution in [3.05, 3.63) is 91.0 Å². The molecule has 0 fully saturated rings. The average molecular weight is 351 g/mol. The Morgan fingerprint density at radius 1 is 0.708 bits per heavy atom. The predicted octanol–water partition coefficient (Wildman–Crippen LogP) is 6.33. The molecule has 1 atom stereocenters. The largest absolute Gasteiger partial charge is 0.187 e. The molecule has 24 heavy (non-hydrogen) atoms. The van der Waals surface area contributed by atoms with Crippen LogP contribution >= 0.6 is 16.4 Å². The van der Waals surface area contributed by atoms with Crippen LogP contribution in [0, 0.1) is 10.7 Å². The normalized spacial score (nSPS) is 14.2. The summed E-state index contributed by atoms with van der Waals surface area (Å²) in [6.07, 6.45) is 0. The van der Waals surface area contributed by atoms with Crippen LogP contribution in [0.5, 0.6) is 0 Å². The maximum Gasteiger partial charge on any atom is 0.113 e. The molecule has 0 aliphatic carbocycles. The number of benzene rings is 3. The first-order chi connectivity index (χ1) is 11.6. The standard InChI is InChI=1S/C21H22NPS/c1-2-24(23,18-22,19-12-6-3-7-13-19,20-14-8-4-9-15-20)21-16-10-5-11-17-21/h3-17H,2,23H2,1H3. The summed E-state index contributed by atoms with van der Waals surface area (Å²) in [7, 11) is -0.587. The fourth-order valence-corrected chi connectivity index (χ4v) is 9.95. The SMILES string of the molecule is CCS(P)(C#N)(c1ccccc1)(c1ccccc1)c1ccccc1. The van der Waals surface area contributed by atoms with E-state index in [1.54, 1.807) is 0 Å². The lowest BCUT2D eigenvalue weighted by atomic mass is 10.4. The lowest BCUT2D eigenvalue weighted by molar-refractivity contribution is 1.21. The molecular formula is C21H22NPS. The number of nitrogens with zero attached hydrogens (tertiary/aromatic N) is 1. The average Bonchev–Trinajstić information content (AvgIpc) is 2.70. The maximum atomic E-state index is 10.8. The third-order valence-corrected chi connectivity index (χ3v) is 15.7. The molecule has 0 aliphatic rings. The summed E-state index contributed by atoms with van der Waals surface area (Å²) in [4.78, 5) is 3.22. The van der Waals surface area contributed by atoms with Crippen LogP contribution in [0.25, 0.3) is 0 Å². The molecule has 0 radical (unpaired) electrons. The minimum absolute atomic E-state index is 0.708. The Morgan fingerprint density at radius 2 is 1.00 bits per heavy atom. The minimum Gasteiger partial charge on any atom is -0.187 e. The molecule has 3 rings (SSSR count). The van der Waals surface area contributed by atoms with E-state index in [4.69, 9.17) is 0 Å². The molecule has 1 nitrogen and oxygen atoms in total. The highest BCUT2D eigenvalue weighted by Crippen LogP contribution is 3.06. The second kappa shape index (κ2) is 5.49. The van der Waals surface area contributed by atoms with Gasteiger partial charge in [-0.3, -0.25) is 0 Å². The Kier molecular flexibility index (Phi) is 3.83. The molecule has 0 bridgehead atoms. The molecular weight excluding hydrogens is 329 g/mol. The van der Waals surface area contributed by atoms with Gasteiger partial charge >= 0.3 is 0 Å². The maximum absolute atomic E-state index is 10.8. The summed E-state index contributed by atoms with van der Waals surface area (Å²) in [5.74, 6) is 0.708. The van der Waals surface area contributed by atoms with Gasteiger partial charge in [0.25, 0.3) is 0 Å². The second-order valence-corrected chi connectivity index (χ2v) is 15.8. The van der Waals surface area contributed by atoms with E-state index in [9.17, 15) is 5.26 Å². The molecule has 0 aliphatic heterocycles. The van der Waals surface area contributed by atoms with Crippen molar-refractivity contribution < 1.29 is 0 Å². The number of rotatable bonds is 4. The number of nitriles is 1. The molecule has 0 N–H and O–H groups in total. The van der Waals surface area contributed by atoms with Crippen LogP contribution in [0.2, 0.25) is 0 Å². The number of hydrogen-bond acceptors (Lipinski definition) is 1. The first-order valence-electron chi connectivity index (χ1n) is 8.00. The van der Waals surface area contributed by atoms with Crippen LogP contribution in [0.3, 0.4) is 0 Å². The second-order valence-electron chi connectivity index (χ2n) is 6.15. The van der Waals surface area contributed by atoms with Crippen molar-refractivity contribution in [3.63, 3.8) is 0 Å². The minimum atomic E-state index is -3.67. The summed E-state index contributed by atoms with van der Waals surface area (Å²) in [6, 6.07) is 30.8. The lowest BCUT2D eigenvalue weighted by Crippen LogP contribution is -2.31. The third kappa shape index (κ3) is 1.86. The van der Waals surface area contributed by atoms with Crippen molar-refractivity contribution in [1.82, 2.24) is 0 Å². The molecule has 0 amide bonds. The predicted molar refractivity (Wildman–Crippen MR) is 108 cm³/mol. The van der Waals surface area contributed by atoms with E-state index in [0.29, 0.717) is 5.75 Å². The highest BCUT2D eigenvalue weighted by atomic mass is 32.8. The zero-order chi connectivity index (χ0) is 17.2. The van der Waals surface area contributed by atoms with Crippen LogP contribution in [0.1, 0.15) is 6.92 Å². The van der Waals surface area contributed by atoms with Crippen molar-refractivity contribution in [1.29, 1.82) is 5.26 Å². The third-order valence-electron chi connectivity index (χ3n) is 5.20. The molecule has 0 saturated heterocycles. The van der Waals surface area contributed by atoms with Gasteiger partial charge in [-0.05, 0) is 56.8 Å². The van der Waals surface area contributed by atoms with Crippen molar-refractivity contribution in [3.8, 4) is 5.40 Å². The van der Waals surface area contributed by atoms with Gasteiger partial charge in [0.2, 0.25) is 0 Å². The van der Waals surface area contributed by atoms with Gasteiger partial charge in [-0.1, -0.05) is 70.0 Å². The zero-order valence-electron chi connectivity index (χ0n) is 13.8. The molecule has 3 heteroatoms. The van der Waals surface area contributed by atoms with Gasteiger partial charge in [0.1, 0.15) is 5.40 Å². The Balaban J connectivity index is 2.63. The van der Waals surface area contributed by atoms with Crippen LogP contribution in [-0.4, -0.2) is 5.75 Å². The summed E-state index contributed by atoms with van der Waals surface area (Å²) >= 11 is 0. The van der Waals surface area contributed by atoms with E-state index < -0.39 is 7.91 Å². The Bertz CT molecular complexity index is 799. The quantitative estimate of drug-likeness (QED) is 0.398.